The van der Waals surface area contributed by atoms with Crippen LogP contribution in [0.4, 0.5) is 5.69 Å². The van der Waals surface area contributed by atoms with E-state index in [0.29, 0.717) is 0 Å². The van der Waals surface area contributed by atoms with Gasteiger partial charge >= 0.3 is 0 Å². The van der Waals surface area contributed by atoms with Crippen LogP contribution in [0.5, 0.6) is 0 Å². The SMILES string of the molecule is C#Cc1ccc(N(CC)CCCCCC)cc1. The van der Waals surface area contributed by atoms with Crippen LogP contribution >= 0.6 is 0 Å². The molecular formula is C16H23N. The van der Waals surface area contributed by atoms with Crippen LogP contribution in [0.3, 0.4) is 0 Å². The average molecular weight is 229 g/mol. The molecule has 1 nitrogen and oxygen atoms in total. The number of nitrogens with zero attached hydrogens (tertiary/aromatic N) is 1. The molecule has 17 heavy (non-hydrogen) atoms. The lowest BCUT2D eigenvalue weighted by Gasteiger charge is -2.23. The number of anilines is 1. The maximum absolute atomic E-state index is 5.36. The summed E-state index contributed by atoms with van der Waals surface area (Å²) >= 11 is 0. The van der Waals surface area contributed by atoms with Crippen molar-refractivity contribution in [2.24, 2.45) is 0 Å². The zero-order chi connectivity index (χ0) is 12.5. The summed E-state index contributed by atoms with van der Waals surface area (Å²) in [6, 6.07) is 8.28. The second kappa shape index (κ2) is 7.79. The van der Waals surface area contributed by atoms with E-state index in [1.54, 1.807) is 0 Å². The van der Waals surface area contributed by atoms with E-state index in [0.717, 1.165) is 18.7 Å². The van der Waals surface area contributed by atoms with E-state index in [1.807, 2.05) is 12.1 Å². The van der Waals surface area contributed by atoms with Crippen LogP contribution in [-0.2, 0) is 0 Å². The molecule has 0 unspecified atom stereocenters. The van der Waals surface area contributed by atoms with Crippen molar-refractivity contribution in [3.05, 3.63) is 29.8 Å². The van der Waals surface area contributed by atoms with Gasteiger partial charge in [-0.25, -0.2) is 0 Å². The Bertz CT molecular complexity index is 345. The largest absolute Gasteiger partial charge is 0.372 e. The number of benzene rings is 1. The van der Waals surface area contributed by atoms with Crippen molar-refractivity contribution in [2.45, 2.75) is 39.5 Å². The van der Waals surface area contributed by atoms with Gasteiger partial charge in [-0.05, 0) is 37.6 Å². The first-order chi connectivity index (χ1) is 8.31. The Hall–Kier alpha value is -1.42. The number of rotatable bonds is 7. The smallest absolute Gasteiger partial charge is 0.0366 e. The standard InChI is InChI=1S/C16H23N/c1-4-7-8-9-14-17(6-3)16-12-10-15(5-2)11-13-16/h2,10-13H,4,6-9,14H2,1,3H3. The van der Waals surface area contributed by atoms with Crippen LogP contribution in [-0.4, -0.2) is 13.1 Å². The van der Waals surface area contributed by atoms with E-state index in [2.05, 4.69) is 36.8 Å². The molecule has 0 amide bonds. The lowest BCUT2D eigenvalue weighted by Crippen LogP contribution is -2.23. The van der Waals surface area contributed by atoms with Gasteiger partial charge in [0.05, 0.1) is 0 Å². The van der Waals surface area contributed by atoms with E-state index in [4.69, 9.17) is 6.42 Å². The fourth-order valence-corrected chi connectivity index (χ4v) is 1.97. The molecule has 0 saturated carbocycles. The van der Waals surface area contributed by atoms with Crippen LogP contribution in [0.15, 0.2) is 24.3 Å². The van der Waals surface area contributed by atoms with E-state index in [-0.39, 0.29) is 0 Å². The third-order valence-corrected chi connectivity index (χ3v) is 3.06. The first-order valence-electron chi connectivity index (χ1n) is 6.63. The second-order valence-corrected chi connectivity index (χ2v) is 4.33. The van der Waals surface area contributed by atoms with Crippen molar-refractivity contribution in [2.75, 3.05) is 18.0 Å². The number of hydrogen-bond acceptors (Lipinski definition) is 1. The Morgan fingerprint density at radius 2 is 1.76 bits per heavy atom. The summed E-state index contributed by atoms with van der Waals surface area (Å²) in [5.74, 6) is 2.65. The molecule has 0 aliphatic heterocycles. The van der Waals surface area contributed by atoms with Crippen molar-refractivity contribution in [3.8, 4) is 12.3 Å². The van der Waals surface area contributed by atoms with Gasteiger partial charge in [0.25, 0.3) is 0 Å². The van der Waals surface area contributed by atoms with Crippen molar-refractivity contribution >= 4 is 5.69 Å². The molecule has 0 aliphatic carbocycles. The van der Waals surface area contributed by atoms with Gasteiger partial charge in [0.1, 0.15) is 0 Å². The minimum Gasteiger partial charge on any atom is -0.372 e. The third kappa shape index (κ3) is 4.53. The molecular weight excluding hydrogens is 206 g/mol. The van der Waals surface area contributed by atoms with Gasteiger partial charge in [-0.2, -0.15) is 0 Å². The summed E-state index contributed by atoms with van der Waals surface area (Å²) in [5, 5.41) is 0. The highest BCUT2D eigenvalue weighted by Crippen LogP contribution is 2.15. The van der Waals surface area contributed by atoms with Gasteiger partial charge in [-0.15, -0.1) is 6.42 Å². The van der Waals surface area contributed by atoms with Crippen LogP contribution in [0.25, 0.3) is 0 Å². The Morgan fingerprint density at radius 3 is 2.29 bits per heavy atom. The molecule has 0 N–H and O–H groups in total. The van der Waals surface area contributed by atoms with E-state index in [1.165, 1.54) is 31.4 Å². The average Bonchev–Trinajstić information content (AvgIpc) is 2.39. The molecule has 92 valence electrons. The lowest BCUT2D eigenvalue weighted by molar-refractivity contribution is 0.649. The van der Waals surface area contributed by atoms with Gasteiger partial charge in [-0.3, -0.25) is 0 Å². The molecule has 1 aromatic rings. The summed E-state index contributed by atoms with van der Waals surface area (Å²) in [7, 11) is 0. The quantitative estimate of drug-likeness (QED) is 0.503. The number of terminal acetylenes is 1. The number of unbranched alkanes of at least 4 members (excludes halogenated alkanes) is 3. The molecule has 0 aliphatic rings. The minimum absolute atomic E-state index is 0.954. The van der Waals surface area contributed by atoms with E-state index in [9.17, 15) is 0 Å². The van der Waals surface area contributed by atoms with Gasteiger partial charge in [0.15, 0.2) is 0 Å². The first kappa shape index (κ1) is 13.6. The van der Waals surface area contributed by atoms with Gasteiger partial charge in [0, 0.05) is 24.3 Å². The first-order valence-corrected chi connectivity index (χ1v) is 6.63. The molecule has 0 aromatic heterocycles. The van der Waals surface area contributed by atoms with Gasteiger partial charge in [0.2, 0.25) is 0 Å². The highest BCUT2D eigenvalue weighted by Gasteiger charge is 2.03. The summed E-state index contributed by atoms with van der Waals surface area (Å²) in [4.78, 5) is 2.41. The monoisotopic (exact) mass is 229 g/mol. The summed E-state index contributed by atoms with van der Waals surface area (Å²) in [5.41, 5.74) is 2.23. The highest BCUT2D eigenvalue weighted by atomic mass is 15.1. The molecule has 0 saturated heterocycles. The summed E-state index contributed by atoms with van der Waals surface area (Å²) in [6.07, 6.45) is 10.6. The van der Waals surface area contributed by atoms with Crippen molar-refractivity contribution in [1.29, 1.82) is 0 Å². The molecule has 1 heteroatoms. The maximum atomic E-state index is 5.36. The lowest BCUT2D eigenvalue weighted by atomic mass is 10.1. The molecule has 0 spiro atoms. The molecule has 0 bridgehead atoms. The van der Waals surface area contributed by atoms with E-state index >= 15 is 0 Å². The Balaban J connectivity index is 2.51. The van der Waals surface area contributed by atoms with Crippen molar-refractivity contribution in [3.63, 3.8) is 0 Å². The summed E-state index contributed by atoms with van der Waals surface area (Å²) < 4.78 is 0. The highest BCUT2D eigenvalue weighted by molar-refractivity contribution is 5.50. The molecule has 1 rings (SSSR count). The molecule has 0 atom stereocenters. The van der Waals surface area contributed by atoms with Crippen LogP contribution in [0, 0.1) is 12.3 Å². The van der Waals surface area contributed by atoms with Crippen LogP contribution in [0.1, 0.15) is 45.1 Å². The fraction of sp³-hybridized carbons (Fsp3) is 0.500. The summed E-state index contributed by atoms with van der Waals surface area (Å²) in [6.45, 7) is 6.65. The topological polar surface area (TPSA) is 3.24 Å². The fourth-order valence-electron chi connectivity index (χ4n) is 1.97. The number of hydrogen-bond donors (Lipinski definition) is 0. The zero-order valence-electron chi connectivity index (χ0n) is 11.1. The minimum atomic E-state index is 0.954. The Kier molecular flexibility index (Phi) is 6.25. The predicted molar refractivity (Wildman–Crippen MR) is 76.4 cm³/mol. The van der Waals surface area contributed by atoms with Crippen molar-refractivity contribution in [1.82, 2.24) is 0 Å². The third-order valence-electron chi connectivity index (χ3n) is 3.06. The maximum Gasteiger partial charge on any atom is 0.0366 e. The molecule has 0 radical (unpaired) electrons. The van der Waals surface area contributed by atoms with Crippen LogP contribution in [0.2, 0.25) is 0 Å². The predicted octanol–water partition coefficient (Wildman–Crippen LogP) is 4.07. The van der Waals surface area contributed by atoms with Crippen molar-refractivity contribution < 1.29 is 0 Å². The zero-order valence-corrected chi connectivity index (χ0v) is 11.1. The van der Waals surface area contributed by atoms with Gasteiger partial charge in [-0.1, -0.05) is 32.1 Å². The van der Waals surface area contributed by atoms with Crippen LogP contribution < -0.4 is 4.90 Å². The molecule has 0 heterocycles. The Labute approximate surface area is 106 Å². The normalized spacial score (nSPS) is 9.94. The van der Waals surface area contributed by atoms with Gasteiger partial charge < -0.3 is 4.90 Å². The second-order valence-electron chi connectivity index (χ2n) is 4.33. The molecule has 1 aromatic carbocycles. The Morgan fingerprint density at radius 1 is 1.06 bits per heavy atom. The van der Waals surface area contributed by atoms with E-state index < -0.39 is 0 Å². The molecule has 0 fully saturated rings.